The number of benzene rings is 3. The maximum atomic E-state index is 3.51. The van der Waals surface area contributed by atoms with Crippen molar-refractivity contribution in [3.63, 3.8) is 0 Å². The second-order valence-electron chi connectivity index (χ2n) is 6.35. The molecular weight excluding hydrogens is 302 g/mol. The molecule has 1 atom stereocenters. The van der Waals surface area contributed by atoms with Crippen LogP contribution in [0, 0.1) is 0 Å². The highest BCUT2D eigenvalue weighted by Gasteiger charge is 2.08. The zero-order valence-corrected chi connectivity index (χ0v) is 14.1. The van der Waals surface area contributed by atoms with Gasteiger partial charge in [-0.05, 0) is 47.4 Å². The minimum Gasteiger partial charge on any atom is -0.356 e. The van der Waals surface area contributed by atoms with Crippen LogP contribution in [0.25, 0.3) is 11.1 Å². The molecule has 0 bridgehead atoms. The minimum atomic E-state index is 0.500. The van der Waals surface area contributed by atoms with E-state index in [2.05, 4.69) is 102 Å². The summed E-state index contributed by atoms with van der Waals surface area (Å²) in [6, 6.07) is 27.8. The molecule has 1 unspecified atom stereocenters. The van der Waals surface area contributed by atoms with Gasteiger partial charge < -0.3 is 5.32 Å². The molecule has 4 rings (SSSR count). The van der Waals surface area contributed by atoms with Crippen LogP contribution in [0.5, 0.6) is 0 Å². The van der Waals surface area contributed by atoms with Crippen LogP contribution < -0.4 is 5.32 Å². The summed E-state index contributed by atoms with van der Waals surface area (Å²) in [5.41, 5.74) is 6.04. The number of nitrogens with one attached hydrogen (secondary N) is 1. The van der Waals surface area contributed by atoms with Gasteiger partial charge in [-0.1, -0.05) is 78.9 Å². The van der Waals surface area contributed by atoms with Crippen molar-refractivity contribution >= 4 is 11.4 Å². The molecule has 1 heteroatoms. The minimum absolute atomic E-state index is 0.500. The third-order valence-corrected chi connectivity index (χ3v) is 4.58. The maximum Gasteiger partial charge on any atom is 0.0390 e. The predicted molar refractivity (Wildman–Crippen MR) is 107 cm³/mol. The Labute approximate surface area is 149 Å². The number of rotatable bonds is 4. The fourth-order valence-electron chi connectivity index (χ4n) is 3.22. The zero-order chi connectivity index (χ0) is 16.9. The molecule has 0 fully saturated rings. The summed E-state index contributed by atoms with van der Waals surface area (Å²) in [6.07, 6.45) is 9.83. The first-order chi connectivity index (χ1) is 12.4. The van der Waals surface area contributed by atoms with Gasteiger partial charge >= 0.3 is 0 Å². The Kier molecular flexibility index (Phi) is 4.47. The number of hydrogen-bond donors (Lipinski definition) is 1. The van der Waals surface area contributed by atoms with E-state index in [0.29, 0.717) is 5.92 Å². The van der Waals surface area contributed by atoms with Gasteiger partial charge in [0.15, 0.2) is 0 Å². The summed E-state index contributed by atoms with van der Waals surface area (Å²) in [4.78, 5) is 0. The highest BCUT2D eigenvalue weighted by atomic mass is 14.9. The molecule has 0 saturated heterocycles. The zero-order valence-electron chi connectivity index (χ0n) is 14.1. The van der Waals surface area contributed by atoms with E-state index in [1.807, 2.05) is 6.07 Å². The number of hydrogen-bond acceptors (Lipinski definition) is 1. The molecule has 3 aromatic rings. The standard InChI is InChI=1S/C24H21N/c1-3-8-19(9-4-1)21-14-16-23(17-15-21)25-24-13-7-12-22(18-24)20-10-5-2-6-11-20/h1-8,10-19,25H,9H2. The van der Waals surface area contributed by atoms with Crippen LogP contribution in [0.4, 0.5) is 11.4 Å². The second kappa shape index (κ2) is 7.23. The first-order valence-electron chi connectivity index (χ1n) is 8.74. The molecule has 122 valence electrons. The predicted octanol–water partition coefficient (Wildman–Crippen LogP) is 6.70. The van der Waals surface area contributed by atoms with E-state index in [-0.39, 0.29) is 0 Å². The molecule has 0 heterocycles. The van der Waals surface area contributed by atoms with Crippen LogP contribution in [0.1, 0.15) is 17.9 Å². The van der Waals surface area contributed by atoms with Gasteiger partial charge in [0, 0.05) is 17.3 Å². The van der Waals surface area contributed by atoms with Gasteiger partial charge in [-0.2, -0.15) is 0 Å². The maximum absolute atomic E-state index is 3.51. The molecule has 0 radical (unpaired) electrons. The Balaban J connectivity index is 1.50. The van der Waals surface area contributed by atoms with E-state index in [0.717, 1.165) is 17.8 Å². The lowest BCUT2D eigenvalue weighted by atomic mass is 9.92. The molecule has 0 saturated carbocycles. The van der Waals surface area contributed by atoms with Crippen molar-refractivity contribution in [3.8, 4) is 11.1 Å². The third kappa shape index (κ3) is 3.72. The molecule has 0 amide bonds. The van der Waals surface area contributed by atoms with Crippen molar-refractivity contribution < 1.29 is 0 Å². The first kappa shape index (κ1) is 15.5. The fraction of sp³-hybridized carbons (Fsp3) is 0.0833. The van der Waals surface area contributed by atoms with E-state index < -0.39 is 0 Å². The quantitative estimate of drug-likeness (QED) is 0.563. The summed E-state index contributed by atoms with van der Waals surface area (Å²) in [7, 11) is 0. The van der Waals surface area contributed by atoms with Crippen molar-refractivity contribution in [2.24, 2.45) is 0 Å². The van der Waals surface area contributed by atoms with Crippen molar-refractivity contribution in [3.05, 3.63) is 109 Å². The molecular formula is C24H21N. The van der Waals surface area contributed by atoms with Crippen LogP contribution in [-0.2, 0) is 0 Å². The molecule has 1 nitrogen and oxygen atoms in total. The second-order valence-corrected chi connectivity index (χ2v) is 6.35. The van der Waals surface area contributed by atoms with Gasteiger partial charge in [0.05, 0.1) is 0 Å². The fourth-order valence-corrected chi connectivity index (χ4v) is 3.22. The molecule has 1 aliphatic rings. The first-order valence-corrected chi connectivity index (χ1v) is 8.74. The Bertz CT molecular complexity index is 889. The van der Waals surface area contributed by atoms with Crippen molar-refractivity contribution in [1.29, 1.82) is 0 Å². The Morgan fingerprint density at radius 2 is 1.48 bits per heavy atom. The molecule has 1 aliphatic carbocycles. The summed E-state index contributed by atoms with van der Waals surface area (Å²) < 4.78 is 0. The molecule has 1 N–H and O–H groups in total. The average Bonchev–Trinajstić information content (AvgIpc) is 2.70. The van der Waals surface area contributed by atoms with Crippen molar-refractivity contribution in [1.82, 2.24) is 0 Å². The van der Waals surface area contributed by atoms with Gasteiger partial charge in [0.2, 0.25) is 0 Å². The Morgan fingerprint density at radius 1 is 0.680 bits per heavy atom. The van der Waals surface area contributed by atoms with E-state index in [9.17, 15) is 0 Å². The largest absolute Gasteiger partial charge is 0.356 e. The van der Waals surface area contributed by atoms with E-state index >= 15 is 0 Å². The molecule has 0 spiro atoms. The van der Waals surface area contributed by atoms with Gasteiger partial charge in [0.1, 0.15) is 0 Å². The van der Waals surface area contributed by atoms with Crippen LogP contribution in [0.2, 0.25) is 0 Å². The topological polar surface area (TPSA) is 12.0 Å². The summed E-state index contributed by atoms with van der Waals surface area (Å²) >= 11 is 0. The summed E-state index contributed by atoms with van der Waals surface area (Å²) in [5, 5.41) is 3.51. The lowest BCUT2D eigenvalue weighted by molar-refractivity contribution is 0.854. The highest BCUT2D eigenvalue weighted by molar-refractivity contribution is 5.70. The molecule has 3 aromatic carbocycles. The highest BCUT2D eigenvalue weighted by Crippen LogP contribution is 2.28. The monoisotopic (exact) mass is 323 g/mol. The summed E-state index contributed by atoms with van der Waals surface area (Å²) in [5.74, 6) is 0.500. The summed E-state index contributed by atoms with van der Waals surface area (Å²) in [6.45, 7) is 0. The smallest absolute Gasteiger partial charge is 0.0390 e. The molecule has 0 aliphatic heterocycles. The van der Waals surface area contributed by atoms with Crippen LogP contribution in [0.3, 0.4) is 0 Å². The van der Waals surface area contributed by atoms with E-state index in [4.69, 9.17) is 0 Å². The van der Waals surface area contributed by atoms with Crippen LogP contribution >= 0.6 is 0 Å². The van der Waals surface area contributed by atoms with Gasteiger partial charge in [-0.3, -0.25) is 0 Å². The lowest BCUT2D eigenvalue weighted by Crippen LogP contribution is -1.97. The van der Waals surface area contributed by atoms with Gasteiger partial charge in [-0.25, -0.2) is 0 Å². The van der Waals surface area contributed by atoms with E-state index in [1.165, 1.54) is 16.7 Å². The number of anilines is 2. The van der Waals surface area contributed by atoms with E-state index in [1.54, 1.807) is 0 Å². The van der Waals surface area contributed by atoms with Crippen molar-refractivity contribution in [2.75, 3.05) is 5.32 Å². The molecule has 25 heavy (non-hydrogen) atoms. The van der Waals surface area contributed by atoms with Crippen molar-refractivity contribution in [2.45, 2.75) is 12.3 Å². The Hall–Kier alpha value is -3.06. The van der Waals surface area contributed by atoms with Gasteiger partial charge in [-0.15, -0.1) is 0 Å². The average molecular weight is 323 g/mol. The Morgan fingerprint density at radius 3 is 2.24 bits per heavy atom. The third-order valence-electron chi connectivity index (χ3n) is 4.58. The lowest BCUT2D eigenvalue weighted by Gasteiger charge is -2.14. The number of allylic oxidation sites excluding steroid dienone is 4. The molecule has 0 aromatic heterocycles. The van der Waals surface area contributed by atoms with Crippen LogP contribution in [0.15, 0.2) is 103 Å². The normalized spacial score (nSPS) is 15.9. The SMILES string of the molecule is C1=CCC(c2ccc(Nc3cccc(-c4ccccc4)c3)cc2)C=C1. The van der Waals surface area contributed by atoms with Gasteiger partial charge in [0.25, 0.3) is 0 Å². The van der Waals surface area contributed by atoms with Crippen LogP contribution in [-0.4, -0.2) is 0 Å².